The Morgan fingerprint density at radius 2 is 0.895 bits per heavy atom. The minimum absolute atomic E-state index is 0.124. The van der Waals surface area contributed by atoms with Gasteiger partial charge in [-0.05, 0) is 69.2 Å². The Kier molecular flexibility index (Phi) is 8.58. The molecule has 0 aromatic carbocycles. The molecule has 0 aromatic heterocycles. The second-order valence-corrected chi connectivity index (χ2v) is 15.7. The van der Waals surface area contributed by atoms with Crippen LogP contribution in [0, 0.1) is 21.7 Å². The molecule has 2 aliphatic carbocycles. The van der Waals surface area contributed by atoms with Crippen LogP contribution < -0.4 is 0 Å². The molecule has 2 atom stereocenters. The van der Waals surface area contributed by atoms with E-state index in [0.29, 0.717) is 24.2 Å². The number of hydrogen-bond donors (Lipinski definition) is 2. The predicted molar refractivity (Wildman–Crippen MR) is 164 cm³/mol. The highest BCUT2D eigenvalue weighted by molar-refractivity contribution is 5.56. The molecule has 0 bridgehead atoms. The van der Waals surface area contributed by atoms with E-state index in [1.54, 1.807) is 0 Å². The third-order valence-electron chi connectivity index (χ3n) is 7.81. The lowest BCUT2D eigenvalue weighted by molar-refractivity contribution is -0.172. The van der Waals surface area contributed by atoms with E-state index >= 15 is 0 Å². The van der Waals surface area contributed by atoms with E-state index in [4.69, 9.17) is 0 Å². The summed E-state index contributed by atoms with van der Waals surface area (Å²) < 4.78 is 0. The van der Waals surface area contributed by atoms with Crippen LogP contribution in [0.2, 0.25) is 0 Å². The van der Waals surface area contributed by atoms with Crippen molar-refractivity contribution in [3.05, 3.63) is 70.9 Å². The zero-order valence-corrected chi connectivity index (χ0v) is 26.9. The van der Waals surface area contributed by atoms with E-state index in [-0.39, 0.29) is 10.8 Å². The van der Waals surface area contributed by atoms with Crippen LogP contribution in [0.25, 0.3) is 0 Å². The molecule has 0 saturated heterocycles. The molecule has 214 valence electrons. The van der Waals surface area contributed by atoms with Crippen LogP contribution in [0.5, 0.6) is 0 Å². The Hall–Kier alpha value is -1.72. The van der Waals surface area contributed by atoms with Crippen LogP contribution in [0.1, 0.15) is 83.1 Å². The number of rotatable bonds is 5. The molecule has 0 radical (unpaired) electrons. The van der Waals surface area contributed by atoms with Crippen LogP contribution >= 0.6 is 0 Å². The minimum Gasteiger partial charge on any atom is -0.367 e. The molecule has 2 aliphatic rings. The normalized spacial score (nSPS) is 25.9. The van der Waals surface area contributed by atoms with Gasteiger partial charge in [-0.15, -0.1) is 0 Å². The van der Waals surface area contributed by atoms with Gasteiger partial charge in [0.1, 0.15) is 0 Å². The highest BCUT2D eigenvalue weighted by Gasteiger charge is 2.57. The first-order valence-electron chi connectivity index (χ1n) is 13.9. The van der Waals surface area contributed by atoms with E-state index < -0.39 is 22.3 Å². The number of aliphatic hydroxyl groups is 2. The molecule has 2 unspecified atom stereocenters. The van der Waals surface area contributed by atoms with Gasteiger partial charge in [0.25, 0.3) is 0 Å². The maximum absolute atomic E-state index is 13.0. The van der Waals surface area contributed by atoms with Crippen molar-refractivity contribution >= 4 is 0 Å². The molecule has 0 heterocycles. The summed E-state index contributed by atoms with van der Waals surface area (Å²) in [6.07, 6.45) is 8.26. The molecular weight excluding hydrogens is 468 g/mol. The Bertz CT molecular complexity index is 1010. The van der Waals surface area contributed by atoms with Crippen molar-refractivity contribution in [3.63, 3.8) is 0 Å². The molecule has 0 spiro atoms. The molecule has 4 nitrogen and oxygen atoms in total. The Balaban J connectivity index is 2.97. The van der Waals surface area contributed by atoms with Crippen molar-refractivity contribution in [3.8, 4) is 0 Å². The fraction of sp³-hybridized carbons (Fsp3) is 0.647. The van der Waals surface area contributed by atoms with Gasteiger partial charge in [-0.2, -0.15) is 0 Å². The summed E-state index contributed by atoms with van der Waals surface area (Å²) in [5.74, 6) is 0. The van der Waals surface area contributed by atoms with Gasteiger partial charge in [0.05, 0.1) is 0 Å². The molecule has 0 amide bonds. The van der Waals surface area contributed by atoms with Crippen molar-refractivity contribution in [2.45, 2.75) is 94.5 Å². The summed E-state index contributed by atoms with van der Waals surface area (Å²) in [5, 5.41) is 26.0. The quantitative estimate of drug-likeness (QED) is 0.372. The van der Waals surface area contributed by atoms with Crippen molar-refractivity contribution in [2.75, 3.05) is 27.2 Å². The first-order valence-corrected chi connectivity index (χ1v) is 13.9. The first-order chi connectivity index (χ1) is 16.8. The maximum atomic E-state index is 13.0. The average molecular weight is 525 g/mol. The van der Waals surface area contributed by atoms with E-state index in [1.807, 2.05) is 31.1 Å². The molecule has 0 aromatic rings. The molecular formula is C34H56N2O2. The van der Waals surface area contributed by atoms with Crippen molar-refractivity contribution in [2.24, 2.45) is 21.7 Å². The summed E-state index contributed by atoms with van der Waals surface area (Å²) in [6.45, 7) is 35.6. The molecule has 2 rings (SSSR count). The van der Waals surface area contributed by atoms with E-state index in [2.05, 4.69) is 113 Å². The van der Waals surface area contributed by atoms with Gasteiger partial charge < -0.3 is 15.1 Å². The molecule has 0 fully saturated rings. The Labute approximate surface area is 234 Å². The van der Waals surface area contributed by atoms with E-state index in [9.17, 15) is 10.2 Å². The van der Waals surface area contributed by atoms with Crippen molar-refractivity contribution in [1.29, 1.82) is 0 Å². The summed E-state index contributed by atoms with van der Waals surface area (Å²) in [4.78, 5) is 3.93. The summed E-state index contributed by atoms with van der Waals surface area (Å²) in [5.41, 5.74) is 0.692. The average Bonchev–Trinajstić information content (AvgIpc) is 2.68. The molecule has 38 heavy (non-hydrogen) atoms. The summed E-state index contributed by atoms with van der Waals surface area (Å²) in [6, 6.07) is 0. The first kappa shape index (κ1) is 32.5. The Morgan fingerprint density at radius 1 is 0.579 bits per heavy atom. The number of nitrogens with zero attached hydrogens (tertiary/aromatic N) is 2. The van der Waals surface area contributed by atoms with Gasteiger partial charge >= 0.3 is 0 Å². The SMILES string of the molecule is C=C1C=C(C(C)(C)C)C=C(C(C)(C)C)C1(O)N(CCN(C)C)C1(O)C(=C)C=C(C(C)(C)C)C=C1C(C)(C)C. The predicted octanol–water partition coefficient (Wildman–Crippen LogP) is 7.26. The van der Waals surface area contributed by atoms with Gasteiger partial charge in [-0.25, -0.2) is 4.90 Å². The number of allylic oxidation sites excluding steroid dienone is 4. The zero-order chi connectivity index (χ0) is 29.9. The van der Waals surface area contributed by atoms with Gasteiger partial charge in [-0.1, -0.05) is 121 Å². The minimum atomic E-state index is -1.63. The monoisotopic (exact) mass is 524 g/mol. The lowest BCUT2D eigenvalue weighted by Crippen LogP contribution is -2.67. The number of likely N-dealkylation sites (N-methyl/N-ethyl adjacent to an activating group) is 1. The second kappa shape index (κ2) is 10.0. The van der Waals surface area contributed by atoms with E-state index in [0.717, 1.165) is 22.3 Å². The standard InChI is InChI=1S/C34H56N2O2/c1-23-19-25(29(3,4)5)21-27(31(9,10)11)33(23,37)36(18-17-35(15)16)34(38)24(2)20-26(30(6,7)8)22-28(34)32(12,13)14/h19-22,37-38H,1-2,17-18H2,3-16H3. The number of hydrogen-bond acceptors (Lipinski definition) is 4. The molecule has 0 saturated carbocycles. The summed E-state index contributed by atoms with van der Waals surface area (Å²) in [7, 11) is 4.02. The van der Waals surface area contributed by atoms with Crippen LogP contribution in [-0.2, 0) is 0 Å². The smallest absolute Gasteiger partial charge is 0.170 e. The van der Waals surface area contributed by atoms with Crippen LogP contribution in [0.15, 0.2) is 70.9 Å². The van der Waals surface area contributed by atoms with Crippen LogP contribution in [0.3, 0.4) is 0 Å². The van der Waals surface area contributed by atoms with Gasteiger partial charge in [0, 0.05) is 13.1 Å². The second-order valence-electron chi connectivity index (χ2n) is 15.7. The van der Waals surface area contributed by atoms with Crippen LogP contribution in [-0.4, -0.2) is 58.6 Å². The zero-order valence-electron chi connectivity index (χ0n) is 26.9. The van der Waals surface area contributed by atoms with Crippen molar-refractivity contribution < 1.29 is 10.2 Å². The summed E-state index contributed by atoms with van der Waals surface area (Å²) >= 11 is 0. The highest BCUT2D eigenvalue weighted by atomic mass is 16.4. The third-order valence-corrected chi connectivity index (χ3v) is 7.81. The molecule has 4 heteroatoms. The third kappa shape index (κ3) is 6.04. The van der Waals surface area contributed by atoms with E-state index in [1.165, 1.54) is 0 Å². The van der Waals surface area contributed by atoms with Crippen LogP contribution in [0.4, 0.5) is 0 Å². The largest absolute Gasteiger partial charge is 0.367 e. The van der Waals surface area contributed by atoms with Gasteiger partial charge in [-0.3, -0.25) is 0 Å². The van der Waals surface area contributed by atoms with Gasteiger partial charge in [0.2, 0.25) is 0 Å². The fourth-order valence-corrected chi connectivity index (χ4v) is 5.36. The fourth-order valence-electron chi connectivity index (χ4n) is 5.36. The lowest BCUT2D eigenvalue weighted by atomic mass is 9.66. The molecule has 2 N–H and O–H groups in total. The van der Waals surface area contributed by atoms with Crippen molar-refractivity contribution in [1.82, 2.24) is 9.80 Å². The topological polar surface area (TPSA) is 46.9 Å². The molecule has 0 aliphatic heterocycles. The lowest BCUT2D eigenvalue weighted by Gasteiger charge is -2.57. The highest BCUT2D eigenvalue weighted by Crippen LogP contribution is 2.54. The Morgan fingerprint density at radius 3 is 1.13 bits per heavy atom. The van der Waals surface area contributed by atoms with Gasteiger partial charge in [0.15, 0.2) is 11.4 Å². The maximum Gasteiger partial charge on any atom is 0.170 e.